The summed E-state index contributed by atoms with van der Waals surface area (Å²) in [5.41, 5.74) is 6.83. The van der Waals surface area contributed by atoms with E-state index < -0.39 is 11.5 Å². The van der Waals surface area contributed by atoms with Crippen molar-refractivity contribution in [3.8, 4) is 5.75 Å². The molecule has 1 aromatic heterocycles. The molecule has 0 unspecified atom stereocenters. The maximum absolute atomic E-state index is 12.0. The van der Waals surface area contributed by atoms with E-state index in [2.05, 4.69) is 10.2 Å². The first-order valence-electron chi connectivity index (χ1n) is 7.83. The van der Waals surface area contributed by atoms with Crippen LogP contribution in [-0.2, 0) is 13.0 Å². The minimum absolute atomic E-state index is 0.0602. The Morgan fingerprint density at radius 3 is 2.62 bits per heavy atom. The van der Waals surface area contributed by atoms with Gasteiger partial charge in [-0.1, -0.05) is 42.5 Å². The smallest absolute Gasteiger partial charge is 0.293 e. The van der Waals surface area contributed by atoms with Crippen LogP contribution in [0.25, 0.3) is 0 Å². The van der Waals surface area contributed by atoms with Crippen LogP contribution in [0, 0.1) is 0 Å². The lowest BCUT2D eigenvalue weighted by Gasteiger charge is -2.13. The monoisotopic (exact) mass is 351 g/mol. The van der Waals surface area contributed by atoms with Crippen LogP contribution >= 0.6 is 0 Å². The van der Waals surface area contributed by atoms with E-state index in [0.717, 1.165) is 16.6 Å². The molecule has 1 heterocycles. The summed E-state index contributed by atoms with van der Waals surface area (Å²) in [4.78, 5) is 24.0. The first-order chi connectivity index (χ1) is 12.6. The quantitative estimate of drug-likeness (QED) is 0.627. The summed E-state index contributed by atoms with van der Waals surface area (Å²) in [7, 11) is 0. The van der Waals surface area contributed by atoms with Gasteiger partial charge in [0.15, 0.2) is 0 Å². The molecule has 0 radical (unpaired) electrons. The Labute approximate surface area is 149 Å². The van der Waals surface area contributed by atoms with Crippen molar-refractivity contribution in [2.45, 2.75) is 13.0 Å². The average molecular weight is 351 g/mol. The SMILES string of the molecule is NC(=O)c1c(Cc2nncn(N)c2=O)cccc1OCc1ccccc1. The number of hydrogen-bond donors (Lipinski definition) is 2. The Hall–Kier alpha value is -3.68. The molecule has 3 aromatic rings. The van der Waals surface area contributed by atoms with Gasteiger partial charge in [0.25, 0.3) is 11.5 Å². The van der Waals surface area contributed by atoms with Gasteiger partial charge in [0.1, 0.15) is 24.4 Å². The number of primary amides is 1. The van der Waals surface area contributed by atoms with Gasteiger partial charge in [-0.25, -0.2) is 4.68 Å². The van der Waals surface area contributed by atoms with Crippen LogP contribution in [0.4, 0.5) is 0 Å². The number of ether oxygens (including phenoxy) is 1. The lowest BCUT2D eigenvalue weighted by Crippen LogP contribution is -2.31. The van der Waals surface area contributed by atoms with Crippen LogP contribution in [-0.4, -0.2) is 20.8 Å². The van der Waals surface area contributed by atoms with Crippen LogP contribution in [0.15, 0.2) is 59.7 Å². The molecule has 4 N–H and O–H groups in total. The Balaban J connectivity index is 1.92. The number of aromatic nitrogens is 3. The number of amides is 1. The third kappa shape index (κ3) is 3.69. The highest BCUT2D eigenvalue weighted by atomic mass is 16.5. The molecule has 0 atom stereocenters. The van der Waals surface area contributed by atoms with Gasteiger partial charge < -0.3 is 16.3 Å². The molecule has 26 heavy (non-hydrogen) atoms. The van der Waals surface area contributed by atoms with E-state index in [-0.39, 0.29) is 24.3 Å². The van der Waals surface area contributed by atoms with E-state index in [1.165, 1.54) is 0 Å². The van der Waals surface area contributed by atoms with Crippen molar-refractivity contribution < 1.29 is 9.53 Å². The minimum Gasteiger partial charge on any atom is -0.488 e. The van der Waals surface area contributed by atoms with Crippen LogP contribution in [0.5, 0.6) is 5.75 Å². The molecule has 8 heteroatoms. The van der Waals surface area contributed by atoms with E-state index in [9.17, 15) is 9.59 Å². The second-order valence-corrected chi connectivity index (χ2v) is 5.60. The molecule has 8 nitrogen and oxygen atoms in total. The maximum Gasteiger partial charge on any atom is 0.293 e. The Morgan fingerprint density at radius 2 is 1.88 bits per heavy atom. The lowest BCUT2D eigenvalue weighted by atomic mass is 10.0. The lowest BCUT2D eigenvalue weighted by molar-refractivity contribution is 0.0995. The normalized spacial score (nSPS) is 10.5. The molecule has 0 aliphatic rings. The average Bonchev–Trinajstić information content (AvgIpc) is 2.64. The number of rotatable bonds is 6. The van der Waals surface area contributed by atoms with Crippen molar-refractivity contribution in [1.82, 2.24) is 14.9 Å². The van der Waals surface area contributed by atoms with E-state index in [4.69, 9.17) is 16.3 Å². The second kappa shape index (κ2) is 7.47. The predicted molar refractivity (Wildman–Crippen MR) is 95.0 cm³/mol. The first-order valence-corrected chi connectivity index (χ1v) is 7.83. The van der Waals surface area contributed by atoms with Crippen LogP contribution in [0.1, 0.15) is 27.2 Å². The summed E-state index contributed by atoms with van der Waals surface area (Å²) < 4.78 is 6.61. The van der Waals surface area contributed by atoms with Gasteiger partial charge in [-0.2, -0.15) is 0 Å². The Kier molecular flexibility index (Phi) is 4.93. The summed E-state index contributed by atoms with van der Waals surface area (Å²) in [5.74, 6) is 5.19. The Morgan fingerprint density at radius 1 is 1.12 bits per heavy atom. The zero-order chi connectivity index (χ0) is 18.5. The Bertz CT molecular complexity index is 986. The van der Waals surface area contributed by atoms with E-state index in [1.807, 2.05) is 30.3 Å². The largest absolute Gasteiger partial charge is 0.488 e. The molecule has 0 saturated carbocycles. The molecule has 0 aliphatic heterocycles. The number of nitrogens with two attached hydrogens (primary N) is 2. The molecule has 3 rings (SSSR count). The van der Waals surface area contributed by atoms with Crippen LogP contribution in [0.3, 0.4) is 0 Å². The zero-order valence-electron chi connectivity index (χ0n) is 13.8. The zero-order valence-corrected chi connectivity index (χ0v) is 13.8. The van der Waals surface area contributed by atoms with Crippen molar-refractivity contribution >= 4 is 5.91 Å². The molecule has 0 spiro atoms. The van der Waals surface area contributed by atoms with Crippen LogP contribution < -0.4 is 21.9 Å². The van der Waals surface area contributed by atoms with Crippen molar-refractivity contribution in [2.75, 3.05) is 5.84 Å². The molecule has 0 fully saturated rings. The number of carbonyl (C=O) groups is 1. The molecule has 2 aromatic carbocycles. The molecule has 0 aliphatic carbocycles. The van der Waals surface area contributed by atoms with Gasteiger partial charge in [-0.05, 0) is 17.2 Å². The molecular formula is C18H17N5O3. The fourth-order valence-electron chi connectivity index (χ4n) is 2.55. The summed E-state index contributed by atoms with van der Waals surface area (Å²) >= 11 is 0. The third-order valence-corrected chi connectivity index (χ3v) is 3.79. The number of hydrogen-bond acceptors (Lipinski definition) is 6. The fourth-order valence-corrected chi connectivity index (χ4v) is 2.55. The molecule has 132 valence electrons. The fraction of sp³-hybridized carbons (Fsp3) is 0.111. The summed E-state index contributed by atoms with van der Waals surface area (Å²) in [6, 6.07) is 14.6. The third-order valence-electron chi connectivity index (χ3n) is 3.79. The van der Waals surface area contributed by atoms with Gasteiger partial charge in [-0.15, -0.1) is 10.2 Å². The number of nitrogens with zero attached hydrogens (tertiary/aromatic N) is 3. The minimum atomic E-state index is -0.652. The second-order valence-electron chi connectivity index (χ2n) is 5.60. The highest BCUT2D eigenvalue weighted by molar-refractivity contribution is 5.97. The number of benzene rings is 2. The molecule has 0 saturated heterocycles. The summed E-state index contributed by atoms with van der Waals surface area (Å²) in [6.45, 7) is 0.283. The van der Waals surface area contributed by atoms with Gasteiger partial charge in [0.2, 0.25) is 0 Å². The summed E-state index contributed by atoms with van der Waals surface area (Å²) in [6.07, 6.45) is 1.17. The molecule has 0 bridgehead atoms. The summed E-state index contributed by atoms with van der Waals surface area (Å²) in [5, 5.41) is 7.46. The predicted octanol–water partition coefficient (Wildman–Crippen LogP) is 0.621. The topological polar surface area (TPSA) is 126 Å². The highest BCUT2D eigenvalue weighted by Crippen LogP contribution is 2.24. The van der Waals surface area contributed by atoms with Crippen molar-refractivity contribution in [3.63, 3.8) is 0 Å². The van der Waals surface area contributed by atoms with Crippen molar-refractivity contribution in [1.29, 1.82) is 0 Å². The molecular weight excluding hydrogens is 334 g/mol. The van der Waals surface area contributed by atoms with Gasteiger partial charge in [-0.3, -0.25) is 9.59 Å². The van der Waals surface area contributed by atoms with Crippen molar-refractivity contribution in [3.05, 3.63) is 87.6 Å². The van der Waals surface area contributed by atoms with Crippen molar-refractivity contribution in [2.24, 2.45) is 5.73 Å². The van der Waals surface area contributed by atoms with Gasteiger partial charge >= 0.3 is 0 Å². The molecule has 1 amide bonds. The number of carbonyl (C=O) groups excluding carboxylic acids is 1. The van der Waals surface area contributed by atoms with E-state index in [1.54, 1.807) is 18.2 Å². The highest BCUT2D eigenvalue weighted by Gasteiger charge is 2.17. The van der Waals surface area contributed by atoms with E-state index in [0.29, 0.717) is 11.3 Å². The number of nitrogen functional groups attached to an aromatic ring is 1. The van der Waals surface area contributed by atoms with Crippen LogP contribution in [0.2, 0.25) is 0 Å². The van der Waals surface area contributed by atoms with Gasteiger partial charge in [0.05, 0.1) is 5.56 Å². The maximum atomic E-state index is 12.0. The van der Waals surface area contributed by atoms with E-state index >= 15 is 0 Å². The standard InChI is InChI=1S/C18H17N5O3/c19-17(24)16-13(9-14-18(25)23(20)11-21-22-14)7-4-8-15(16)26-10-12-5-2-1-3-6-12/h1-8,11H,9-10,20H2,(H2,19,24). The first kappa shape index (κ1) is 17.2. The van der Waals surface area contributed by atoms with Gasteiger partial charge in [0, 0.05) is 6.42 Å².